The zero-order valence-electron chi connectivity index (χ0n) is 12.4. The van der Waals surface area contributed by atoms with E-state index in [9.17, 15) is 14.0 Å². The highest BCUT2D eigenvalue weighted by Crippen LogP contribution is 2.42. The molecule has 0 bridgehead atoms. The third-order valence-electron chi connectivity index (χ3n) is 4.24. The number of likely N-dealkylation sites (tertiary alicyclic amines) is 1. The van der Waals surface area contributed by atoms with Gasteiger partial charge in [-0.25, -0.2) is 4.79 Å². The summed E-state index contributed by atoms with van der Waals surface area (Å²) in [5, 5.41) is 2.75. The van der Waals surface area contributed by atoms with Crippen molar-refractivity contribution in [2.24, 2.45) is 11.3 Å². The maximum absolute atomic E-state index is 13.1. The van der Waals surface area contributed by atoms with Crippen molar-refractivity contribution in [2.45, 2.75) is 39.2 Å². The number of piperidine rings is 1. The zero-order chi connectivity index (χ0) is 15.0. The number of nitrogens with one attached hydrogen (secondary N) is 1. The Balaban J connectivity index is 1.98. The highest BCUT2D eigenvalue weighted by Gasteiger charge is 2.52. The van der Waals surface area contributed by atoms with E-state index in [2.05, 4.69) is 5.32 Å². The lowest BCUT2D eigenvalue weighted by atomic mass is 9.71. The van der Waals surface area contributed by atoms with Gasteiger partial charge in [0.15, 0.2) is 0 Å². The first-order valence-corrected chi connectivity index (χ1v) is 7.11. The van der Waals surface area contributed by atoms with Gasteiger partial charge >= 0.3 is 6.09 Å². The molecule has 2 aliphatic heterocycles. The van der Waals surface area contributed by atoms with Crippen LogP contribution in [0.15, 0.2) is 0 Å². The van der Waals surface area contributed by atoms with Crippen molar-refractivity contribution < 1.29 is 18.7 Å². The minimum absolute atomic E-state index is 0.0658. The van der Waals surface area contributed by atoms with Crippen LogP contribution in [0.4, 0.5) is 9.18 Å². The summed E-state index contributed by atoms with van der Waals surface area (Å²) in [7, 11) is 0. The van der Waals surface area contributed by atoms with E-state index in [1.165, 1.54) is 0 Å². The van der Waals surface area contributed by atoms with E-state index in [-0.39, 0.29) is 17.9 Å². The van der Waals surface area contributed by atoms with E-state index in [1.54, 1.807) is 4.90 Å². The van der Waals surface area contributed by atoms with Crippen LogP contribution in [0.25, 0.3) is 0 Å². The summed E-state index contributed by atoms with van der Waals surface area (Å²) in [4.78, 5) is 25.6. The summed E-state index contributed by atoms with van der Waals surface area (Å²) in [5.74, 6) is -0.334. The van der Waals surface area contributed by atoms with Gasteiger partial charge in [0.05, 0.1) is 12.1 Å². The molecule has 2 amide bonds. The van der Waals surface area contributed by atoms with Crippen LogP contribution in [-0.4, -0.2) is 48.8 Å². The Kier molecular flexibility index (Phi) is 3.93. The minimum Gasteiger partial charge on any atom is -0.444 e. The van der Waals surface area contributed by atoms with Crippen LogP contribution in [0.1, 0.15) is 33.6 Å². The van der Waals surface area contributed by atoms with Gasteiger partial charge in [-0.1, -0.05) is 0 Å². The summed E-state index contributed by atoms with van der Waals surface area (Å²) < 4.78 is 18.4. The Morgan fingerprint density at radius 3 is 2.55 bits per heavy atom. The summed E-state index contributed by atoms with van der Waals surface area (Å²) in [5.41, 5.74) is -1.16. The molecule has 0 aromatic rings. The van der Waals surface area contributed by atoms with Gasteiger partial charge in [0.1, 0.15) is 5.60 Å². The van der Waals surface area contributed by atoms with Crippen molar-refractivity contribution in [3.8, 4) is 0 Å². The van der Waals surface area contributed by atoms with Crippen LogP contribution in [0.2, 0.25) is 0 Å². The van der Waals surface area contributed by atoms with E-state index in [0.29, 0.717) is 32.5 Å². The molecule has 0 aromatic heterocycles. The summed E-state index contributed by atoms with van der Waals surface area (Å²) in [6, 6.07) is 0. The lowest BCUT2D eigenvalue weighted by molar-refractivity contribution is -0.132. The maximum Gasteiger partial charge on any atom is 0.410 e. The standard InChI is InChI=1S/C14H23FN2O3/c1-13(2,3)20-12(19)17-6-4-14(5-7-17)10(8-15)9-16-11(14)18/h10H,4-9H2,1-3H3,(H,16,18). The van der Waals surface area contributed by atoms with Crippen LogP contribution in [0.5, 0.6) is 0 Å². The molecule has 2 fully saturated rings. The number of hydrogen-bond donors (Lipinski definition) is 1. The van der Waals surface area contributed by atoms with Crippen molar-refractivity contribution in [3.05, 3.63) is 0 Å². The van der Waals surface area contributed by atoms with Crippen molar-refractivity contribution in [2.75, 3.05) is 26.3 Å². The SMILES string of the molecule is CC(C)(C)OC(=O)N1CCC2(CC1)C(=O)NCC2CF. The summed E-state index contributed by atoms with van der Waals surface area (Å²) in [6.45, 7) is 6.25. The highest BCUT2D eigenvalue weighted by molar-refractivity contribution is 5.85. The van der Waals surface area contributed by atoms with Gasteiger partial charge in [0, 0.05) is 25.6 Å². The number of rotatable bonds is 1. The molecule has 5 nitrogen and oxygen atoms in total. The second kappa shape index (κ2) is 5.22. The first-order valence-electron chi connectivity index (χ1n) is 7.11. The first-order chi connectivity index (χ1) is 9.28. The molecule has 20 heavy (non-hydrogen) atoms. The maximum atomic E-state index is 13.1. The number of carbonyl (C=O) groups excluding carboxylic acids is 2. The summed E-state index contributed by atoms with van der Waals surface area (Å²) >= 11 is 0. The summed E-state index contributed by atoms with van der Waals surface area (Å²) in [6.07, 6.45) is 0.654. The Morgan fingerprint density at radius 2 is 2.05 bits per heavy atom. The zero-order valence-corrected chi connectivity index (χ0v) is 12.4. The number of nitrogens with zero attached hydrogens (tertiary/aromatic N) is 1. The Bertz CT molecular complexity index is 398. The molecular weight excluding hydrogens is 263 g/mol. The largest absolute Gasteiger partial charge is 0.444 e. The molecule has 0 aliphatic carbocycles. The third-order valence-corrected chi connectivity index (χ3v) is 4.24. The predicted octanol–water partition coefficient (Wildman–Crippen LogP) is 1.72. The molecule has 1 atom stereocenters. The van der Waals surface area contributed by atoms with E-state index in [4.69, 9.17) is 4.74 Å². The van der Waals surface area contributed by atoms with Gasteiger partial charge in [-0.15, -0.1) is 0 Å². The topological polar surface area (TPSA) is 58.6 Å². The number of amides is 2. The van der Waals surface area contributed by atoms with E-state index < -0.39 is 17.7 Å². The first kappa shape index (κ1) is 15.1. The molecule has 1 spiro atoms. The van der Waals surface area contributed by atoms with E-state index >= 15 is 0 Å². The quantitative estimate of drug-likeness (QED) is 0.798. The number of carbonyl (C=O) groups is 2. The molecule has 114 valence electrons. The molecular formula is C14H23FN2O3. The van der Waals surface area contributed by atoms with Crippen LogP contribution in [-0.2, 0) is 9.53 Å². The fourth-order valence-electron chi connectivity index (χ4n) is 3.03. The monoisotopic (exact) mass is 286 g/mol. The fourth-order valence-corrected chi connectivity index (χ4v) is 3.03. The van der Waals surface area contributed by atoms with Gasteiger partial charge < -0.3 is 15.0 Å². The minimum atomic E-state index is -0.632. The predicted molar refractivity (Wildman–Crippen MR) is 71.9 cm³/mol. The van der Waals surface area contributed by atoms with E-state index in [1.807, 2.05) is 20.8 Å². The Hall–Kier alpha value is -1.33. The van der Waals surface area contributed by atoms with Crippen LogP contribution < -0.4 is 5.32 Å². The fraction of sp³-hybridized carbons (Fsp3) is 0.857. The van der Waals surface area contributed by atoms with Gasteiger partial charge in [0.25, 0.3) is 0 Å². The smallest absolute Gasteiger partial charge is 0.410 e. The Morgan fingerprint density at radius 1 is 1.45 bits per heavy atom. The lowest BCUT2D eigenvalue weighted by Crippen LogP contribution is -2.49. The normalized spacial score (nSPS) is 25.7. The molecule has 0 aromatic carbocycles. The van der Waals surface area contributed by atoms with Crippen LogP contribution in [0, 0.1) is 11.3 Å². The van der Waals surface area contributed by atoms with E-state index in [0.717, 1.165) is 0 Å². The number of alkyl halides is 1. The van der Waals surface area contributed by atoms with Crippen molar-refractivity contribution in [1.82, 2.24) is 10.2 Å². The average Bonchev–Trinajstić information content (AvgIpc) is 2.65. The highest BCUT2D eigenvalue weighted by atomic mass is 19.1. The molecule has 2 aliphatic rings. The molecule has 2 heterocycles. The number of halogens is 1. The third kappa shape index (κ3) is 2.74. The van der Waals surface area contributed by atoms with Crippen molar-refractivity contribution in [1.29, 1.82) is 0 Å². The molecule has 2 saturated heterocycles. The molecule has 1 N–H and O–H groups in total. The second-order valence-corrected chi connectivity index (χ2v) is 6.68. The molecule has 6 heteroatoms. The average molecular weight is 286 g/mol. The van der Waals surface area contributed by atoms with Crippen LogP contribution >= 0.6 is 0 Å². The van der Waals surface area contributed by atoms with Gasteiger partial charge in [-0.05, 0) is 33.6 Å². The molecule has 2 rings (SSSR count). The molecule has 0 saturated carbocycles. The van der Waals surface area contributed by atoms with Crippen molar-refractivity contribution >= 4 is 12.0 Å². The molecule has 0 radical (unpaired) electrons. The number of ether oxygens (including phenoxy) is 1. The second-order valence-electron chi connectivity index (χ2n) is 6.68. The number of hydrogen-bond acceptors (Lipinski definition) is 3. The van der Waals surface area contributed by atoms with Crippen molar-refractivity contribution in [3.63, 3.8) is 0 Å². The lowest BCUT2D eigenvalue weighted by Gasteiger charge is -2.40. The van der Waals surface area contributed by atoms with Gasteiger partial charge in [0.2, 0.25) is 5.91 Å². The van der Waals surface area contributed by atoms with Gasteiger partial charge in [-0.3, -0.25) is 9.18 Å². The molecule has 1 unspecified atom stereocenters. The van der Waals surface area contributed by atoms with Crippen LogP contribution in [0.3, 0.4) is 0 Å². The Labute approximate surface area is 118 Å². The van der Waals surface area contributed by atoms with Gasteiger partial charge in [-0.2, -0.15) is 0 Å².